The molecule has 93 heavy (non-hydrogen) atoms. The molecule has 0 heterocycles. The van der Waals surface area contributed by atoms with E-state index in [1.54, 1.807) is 0 Å². The zero-order valence-electron chi connectivity index (χ0n) is 63.0. The Kier molecular flexibility index (Phi) is 73.0. The zero-order chi connectivity index (χ0) is 67.6. The van der Waals surface area contributed by atoms with Crippen molar-refractivity contribution in [2.45, 2.75) is 437 Å². The van der Waals surface area contributed by atoms with Crippen molar-refractivity contribution >= 4 is 19.8 Å². The molecule has 9 nitrogen and oxygen atoms in total. The van der Waals surface area contributed by atoms with Crippen molar-refractivity contribution in [2.75, 3.05) is 47.5 Å². The molecule has 0 amide bonds. The maximum Gasteiger partial charge on any atom is 0.306 e. The van der Waals surface area contributed by atoms with Crippen LogP contribution >= 0.6 is 7.82 Å². The van der Waals surface area contributed by atoms with Gasteiger partial charge in [-0.25, -0.2) is 0 Å². The second kappa shape index (κ2) is 74.5. The summed E-state index contributed by atoms with van der Waals surface area (Å²) in [5, 5.41) is 0. The van der Waals surface area contributed by atoms with Crippen LogP contribution in [0.4, 0.5) is 0 Å². The van der Waals surface area contributed by atoms with Crippen molar-refractivity contribution in [1.82, 2.24) is 0 Å². The van der Waals surface area contributed by atoms with Crippen LogP contribution in [-0.4, -0.2) is 70.0 Å². The van der Waals surface area contributed by atoms with Gasteiger partial charge in [-0.2, -0.15) is 0 Å². The van der Waals surface area contributed by atoms with Gasteiger partial charge in [-0.15, -0.1) is 0 Å². The van der Waals surface area contributed by atoms with Gasteiger partial charge in [0.25, 0.3) is 7.82 Å². The number of quaternary nitrogens is 1. The van der Waals surface area contributed by atoms with Crippen LogP contribution in [0, 0.1) is 0 Å². The highest BCUT2D eigenvalue weighted by molar-refractivity contribution is 7.45. The van der Waals surface area contributed by atoms with Gasteiger partial charge in [-0.05, 0) is 51.4 Å². The van der Waals surface area contributed by atoms with E-state index >= 15 is 0 Å². The van der Waals surface area contributed by atoms with Gasteiger partial charge in [-0.3, -0.25) is 14.2 Å². The molecule has 2 unspecified atom stereocenters. The van der Waals surface area contributed by atoms with E-state index in [1.165, 1.54) is 353 Å². The minimum Gasteiger partial charge on any atom is -0.756 e. The van der Waals surface area contributed by atoms with Crippen LogP contribution in [0.15, 0.2) is 36.5 Å². The van der Waals surface area contributed by atoms with E-state index in [1.807, 2.05) is 21.1 Å². The summed E-state index contributed by atoms with van der Waals surface area (Å²) in [7, 11) is 1.19. The number of phosphoric acid groups is 1. The summed E-state index contributed by atoms with van der Waals surface area (Å²) in [6.45, 7) is 4.32. The molecule has 550 valence electrons. The number of esters is 2. The predicted molar refractivity (Wildman–Crippen MR) is 402 cm³/mol. The van der Waals surface area contributed by atoms with Gasteiger partial charge in [0.05, 0.1) is 27.7 Å². The summed E-state index contributed by atoms with van der Waals surface area (Å²) in [6.07, 6.45) is 97.1. The Morgan fingerprint density at radius 3 is 0.860 bits per heavy atom. The van der Waals surface area contributed by atoms with E-state index in [0.717, 1.165) is 44.9 Å². The third kappa shape index (κ3) is 79.1. The Morgan fingerprint density at radius 2 is 0.581 bits per heavy atom. The van der Waals surface area contributed by atoms with Crippen molar-refractivity contribution in [3.8, 4) is 0 Å². The van der Waals surface area contributed by atoms with Crippen molar-refractivity contribution < 1.29 is 42.1 Å². The van der Waals surface area contributed by atoms with Crippen molar-refractivity contribution in [2.24, 2.45) is 0 Å². The Balaban J connectivity index is 3.88. The predicted octanol–water partition coefficient (Wildman–Crippen LogP) is 26.7. The van der Waals surface area contributed by atoms with Gasteiger partial charge in [0.1, 0.15) is 19.8 Å². The van der Waals surface area contributed by atoms with E-state index in [2.05, 4.69) is 50.3 Å². The highest BCUT2D eigenvalue weighted by Gasteiger charge is 2.22. The summed E-state index contributed by atoms with van der Waals surface area (Å²) >= 11 is 0. The quantitative estimate of drug-likeness (QED) is 0.0195. The number of carbonyl (C=O) groups excluding carboxylic acids is 2. The first-order valence-corrected chi connectivity index (χ1v) is 42.7. The molecule has 0 aliphatic rings. The number of unbranched alkanes of at least 4 members (excludes halogenated alkanes) is 58. The molecule has 0 radical (unpaired) electrons. The number of hydrogen-bond acceptors (Lipinski definition) is 8. The monoisotopic (exact) mass is 1330 g/mol. The van der Waals surface area contributed by atoms with Gasteiger partial charge >= 0.3 is 11.9 Å². The molecule has 0 fully saturated rings. The van der Waals surface area contributed by atoms with E-state index in [0.29, 0.717) is 17.4 Å². The Morgan fingerprint density at radius 1 is 0.333 bits per heavy atom. The van der Waals surface area contributed by atoms with Gasteiger partial charge in [-0.1, -0.05) is 403 Å². The molecule has 0 aromatic carbocycles. The molecule has 0 spiro atoms. The van der Waals surface area contributed by atoms with Gasteiger partial charge < -0.3 is 27.9 Å². The first kappa shape index (κ1) is 91.2. The molecule has 0 saturated carbocycles. The molecule has 2 atom stereocenters. The molecule has 0 N–H and O–H groups in total. The van der Waals surface area contributed by atoms with Crippen LogP contribution in [0.2, 0.25) is 0 Å². The summed E-state index contributed by atoms with van der Waals surface area (Å²) in [6, 6.07) is 0. The number of hydrogen-bond donors (Lipinski definition) is 0. The number of ether oxygens (including phenoxy) is 2. The maximum atomic E-state index is 12.9. The highest BCUT2D eigenvalue weighted by atomic mass is 31.2. The van der Waals surface area contributed by atoms with Crippen LogP contribution < -0.4 is 4.89 Å². The van der Waals surface area contributed by atoms with Crippen LogP contribution in [0.25, 0.3) is 0 Å². The van der Waals surface area contributed by atoms with Crippen LogP contribution in [0.1, 0.15) is 431 Å². The molecule has 0 aliphatic heterocycles. The smallest absolute Gasteiger partial charge is 0.306 e. The van der Waals surface area contributed by atoms with Crippen LogP contribution in [0.5, 0.6) is 0 Å². The number of carbonyl (C=O) groups is 2. The SMILES string of the molecule is CCCCCCC/C=C\C/C=C\C/C=C\CCCCCCCCCCCCCCCCCCCCCCCCCCC(=O)OC(COC(=O)CCCCCCCCCCCCCCCCCCCCCCCCCCCCCCCC)COP(=O)([O-])OCC[N+](C)(C)C. The van der Waals surface area contributed by atoms with Gasteiger partial charge in [0.15, 0.2) is 6.10 Å². The lowest BCUT2D eigenvalue weighted by molar-refractivity contribution is -0.870. The number of likely N-dealkylation sites (N-methyl/N-ethyl adjacent to an activating group) is 1. The largest absolute Gasteiger partial charge is 0.756 e. The number of rotatable bonds is 78. The summed E-state index contributed by atoms with van der Waals surface area (Å²) < 4.78 is 34.4. The molecular formula is C83H160NO8P. The highest BCUT2D eigenvalue weighted by Crippen LogP contribution is 2.38. The first-order chi connectivity index (χ1) is 45.5. The second-order valence-corrected chi connectivity index (χ2v) is 30.9. The lowest BCUT2D eigenvalue weighted by Gasteiger charge is -2.28. The molecule has 0 rings (SSSR count). The standard InChI is InChI=1S/C83H160NO8P/c1-6-8-10-12-14-16-18-20-22-24-26-28-30-32-34-36-38-39-40-41-42-43-44-45-46-48-50-52-54-56-58-60-62-64-66-68-70-72-74-76-83(86)92-81(80-91-93(87,88)90-78-77-84(3,4)5)79-89-82(85)75-73-71-69-67-65-63-61-59-57-55-53-51-49-47-37-35-33-31-29-27-25-23-21-19-17-15-13-11-9-7-2/h18,20,24,26,30,32,81H,6-17,19,21-23,25,27-29,31,33-80H2,1-5H3/b20-18-,26-24-,32-30-. The molecular weight excluding hydrogens is 1170 g/mol. The molecule has 10 heteroatoms. The number of nitrogens with zero attached hydrogens (tertiary/aromatic N) is 1. The van der Waals surface area contributed by atoms with Gasteiger partial charge in [0.2, 0.25) is 0 Å². The minimum absolute atomic E-state index is 0.0266. The molecule has 0 aliphatic carbocycles. The summed E-state index contributed by atoms with van der Waals surface area (Å²) in [4.78, 5) is 38.2. The fraction of sp³-hybridized carbons (Fsp3) is 0.904. The number of allylic oxidation sites excluding steroid dienone is 6. The molecule has 0 bridgehead atoms. The van der Waals surface area contributed by atoms with Crippen molar-refractivity contribution in [3.05, 3.63) is 36.5 Å². The topological polar surface area (TPSA) is 111 Å². The van der Waals surface area contributed by atoms with E-state index in [-0.39, 0.29) is 32.0 Å². The third-order valence-electron chi connectivity index (χ3n) is 18.9. The summed E-state index contributed by atoms with van der Waals surface area (Å²) in [5.41, 5.74) is 0. The average molecular weight is 1330 g/mol. The fourth-order valence-corrected chi connectivity index (χ4v) is 13.3. The lowest BCUT2D eigenvalue weighted by Crippen LogP contribution is -2.37. The third-order valence-corrected chi connectivity index (χ3v) is 19.9. The van der Waals surface area contributed by atoms with Crippen LogP contribution in [0.3, 0.4) is 0 Å². The Hall–Kier alpha value is -1.77. The zero-order valence-corrected chi connectivity index (χ0v) is 63.9. The Labute approximate surface area is 580 Å². The van der Waals surface area contributed by atoms with Gasteiger partial charge in [0, 0.05) is 12.8 Å². The maximum absolute atomic E-state index is 12.9. The molecule has 0 aromatic heterocycles. The molecule has 0 saturated heterocycles. The minimum atomic E-state index is -4.64. The second-order valence-electron chi connectivity index (χ2n) is 29.5. The van der Waals surface area contributed by atoms with Crippen molar-refractivity contribution in [1.29, 1.82) is 0 Å². The van der Waals surface area contributed by atoms with E-state index in [4.69, 9.17) is 18.5 Å². The molecule has 0 aromatic rings. The lowest BCUT2D eigenvalue weighted by atomic mass is 10.0. The normalized spacial score (nSPS) is 13.1. The van der Waals surface area contributed by atoms with Crippen LogP contribution in [-0.2, 0) is 32.7 Å². The summed E-state index contributed by atoms with van der Waals surface area (Å²) in [5.74, 6) is -0.805. The number of phosphoric ester groups is 1. The first-order valence-electron chi connectivity index (χ1n) is 41.2. The average Bonchev–Trinajstić information content (AvgIpc) is 2.01. The fourth-order valence-electron chi connectivity index (χ4n) is 12.6. The Bertz CT molecular complexity index is 1660. The van der Waals surface area contributed by atoms with E-state index < -0.39 is 26.5 Å². The van der Waals surface area contributed by atoms with Crippen molar-refractivity contribution in [3.63, 3.8) is 0 Å². The van der Waals surface area contributed by atoms with E-state index in [9.17, 15) is 19.0 Å².